The minimum absolute atomic E-state index is 0.227. The van der Waals surface area contributed by atoms with E-state index in [9.17, 15) is 22.4 Å². The Bertz CT molecular complexity index is 1020. The van der Waals surface area contributed by atoms with Crippen LogP contribution in [0.2, 0.25) is 0 Å². The van der Waals surface area contributed by atoms with Crippen LogP contribution in [0.1, 0.15) is 23.2 Å². The minimum atomic E-state index is -4.76. The smallest absolute Gasteiger partial charge is 0.406 e. The molecule has 29 heavy (non-hydrogen) atoms. The highest BCUT2D eigenvalue weighted by atomic mass is 19.4. The molecular weight excluding hydrogens is 392 g/mol. The number of amides is 1. The van der Waals surface area contributed by atoms with Crippen molar-refractivity contribution in [2.24, 2.45) is 0 Å². The summed E-state index contributed by atoms with van der Waals surface area (Å²) in [5, 5.41) is 0. The molecule has 1 saturated heterocycles. The number of alkyl halides is 4. The van der Waals surface area contributed by atoms with Crippen molar-refractivity contribution >= 4 is 17.1 Å². The number of benzene rings is 1. The van der Waals surface area contributed by atoms with Gasteiger partial charge in [-0.25, -0.2) is 14.4 Å². The molecule has 0 spiro atoms. The number of hydrogen-bond acceptors (Lipinski definition) is 4. The maximum atomic E-state index is 13.3. The Hall–Kier alpha value is -3.17. The van der Waals surface area contributed by atoms with Crippen LogP contribution in [0.3, 0.4) is 0 Å². The number of aromatic nitrogens is 3. The number of hydrogen-bond donors (Lipinski definition) is 0. The Balaban J connectivity index is 1.56. The number of halogens is 4. The van der Waals surface area contributed by atoms with Crippen molar-refractivity contribution in [3.63, 3.8) is 0 Å². The quantitative estimate of drug-likeness (QED) is 0.617. The van der Waals surface area contributed by atoms with Gasteiger partial charge < -0.3 is 9.64 Å². The number of pyridine rings is 1. The zero-order chi connectivity index (χ0) is 20.6. The fraction of sp³-hybridized carbons (Fsp3) is 0.316. The first-order valence-electron chi connectivity index (χ1n) is 8.93. The van der Waals surface area contributed by atoms with Gasteiger partial charge in [0.25, 0.3) is 5.91 Å². The number of ether oxygens (including phenoxy) is 1. The summed E-state index contributed by atoms with van der Waals surface area (Å²) in [6.45, 7) is 0.720. The molecule has 1 amide bonds. The molecule has 4 rings (SSSR count). The van der Waals surface area contributed by atoms with Crippen molar-refractivity contribution in [3.8, 4) is 11.4 Å². The molecular formula is C19H16F4N4O2. The molecule has 1 aliphatic rings. The van der Waals surface area contributed by atoms with E-state index < -0.39 is 12.5 Å². The van der Waals surface area contributed by atoms with Crippen molar-refractivity contribution < 1.29 is 27.1 Å². The summed E-state index contributed by atoms with van der Waals surface area (Å²) in [5.41, 5.74) is 1.81. The van der Waals surface area contributed by atoms with Gasteiger partial charge in [0.2, 0.25) is 0 Å². The van der Waals surface area contributed by atoms with Gasteiger partial charge in [0.15, 0.2) is 5.65 Å². The number of imidazole rings is 1. The third kappa shape index (κ3) is 4.15. The predicted molar refractivity (Wildman–Crippen MR) is 95.6 cm³/mol. The molecule has 0 saturated carbocycles. The first-order valence-corrected chi connectivity index (χ1v) is 8.93. The molecule has 6 nitrogen and oxygen atoms in total. The topological polar surface area (TPSA) is 60.3 Å². The average Bonchev–Trinajstić information content (AvgIpc) is 3.10. The molecule has 3 heterocycles. The number of rotatable bonds is 3. The van der Waals surface area contributed by atoms with Crippen LogP contribution in [-0.2, 0) is 0 Å². The number of carbonyl (C=O) groups excluding carboxylic acids is 1. The number of carbonyl (C=O) groups is 1. The van der Waals surface area contributed by atoms with Crippen LogP contribution in [0.15, 0.2) is 42.9 Å². The van der Waals surface area contributed by atoms with E-state index >= 15 is 0 Å². The number of nitrogens with zero attached hydrogens (tertiary/aromatic N) is 4. The molecule has 0 radical (unpaired) electrons. The molecule has 2 aromatic heterocycles. The Kier molecular flexibility index (Phi) is 4.85. The van der Waals surface area contributed by atoms with Gasteiger partial charge in [0.05, 0.1) is 5.56 Å². The molecule has 1 aromatic carbocycles. The van der Waals surface area contributed by atoms with Crippen LogP contribution in [0.25, 0.3) is 16.9 Å². The largest absolute Gasteiger partial charge is 0.573 e. The Morgan fingerprint density at radius 2 is 1.79 bits per heavy atom. The Labute approximate surface area is 162 Å². The van der Waals surface area contributed by atoms with Crippen LogP contribution in [0, 0.1) is 0 Å². The van der Waals surface area contributed by atoms with E-state index in [1.165, 1.54) is 36.8 Å². The summed E-state index contributed by atoms with van der Waals surface area (Å²) in [6.07, 6.45) is -2.09. The number of fused-ring (bicyclic) bond motifs is 1. The fourth-order valence-electron chi connectivity index (χ4n) is 3.25. The third-order valence-corrected chi connectivity index (χ3v) is 4.69. The van der Waals surface area contributed by atoms with E-state index in [1.807, 2.05) is 0 Å². The standard InChI is InChI=1S/C19H16F4N4O2/c20-13-5-7-26(8-6-13)18(28)12-9-16-17(24-10-12)27(11-25-16)14-1-3-15(4-2-14)29-19(21,22)23/h1-4,9-11,13H,5-8H2. The monoisotopic (exact) mass is 408 g/mol. The summed E-state index contributed by atoms with van der Waals surface area (Å²) in [7, 11) is 0. The molecule has 1 fully saturated rings. The molecule has 0 N–H and O–H groups in total. The van der Waals surface area contributed by atoms with Gasteiger partial charge in [-0.15, -0.1) is 13.2 Å². The minimum Gasteiger partial charge on any atom is -0.406 e. The summed E-state index contributed by atoms with van der Waals surface area (Å²) >= 11 is 0. The van der Waals surface area contributed by atoms with Gasteiger partial charge in [-0.05, 0) is 43.2 Å². The highest BCUT2D eigenvalue weighted by molar-refractivity contribution is 5.96. The van der Waals surface area contributed by atoms with Crippen molar-refractivity contribution in [2.75, 3.05) is 13.1 Å². The van der Waals surface area contributed by atoms with E-state index in [4.69, 9.17) is 0 Å². The lowest BCUT2D eigenvalue weighted by Crippen LogP contribution is -2.39. The second kappa shape index (κ2) is 7.34. The van der Waals surface area contributed by atoms with Gasteiger partial charge in [0, 0.05) is 25.0 Å². The van der Waals surface area contributed by atoms with E-state index in [2.05, 4.69) is 14.7 Å². The van der Waals surface area contributed by atoms with Crippen molar-refractivity contribution in [1.82, 2.24) is 19.4 Å². The summed E-state index contributed by atoms with van der Waals surface area (Å²) < 4.78 is 55.6. The third-order valence-electron chi connectivity index (χ3n) is 4.69. The second-order valence-electron chi connectivity index (χ2n) is 6.69. The molecule has 152 valence electrons. The number of piperidine rings is 1. The maximum Gasteiger partial charge on any atom is 0.573 e. The molecule has 0 bridgehead atoms. The second-order valence-corrected chi connectivity index (χ2v) is 6.69. The van der Waals surface area contributed by atoms with Gasteiger partial charge >= 0.3 is 6.36 Å². The van der Waals surface area contributed by atoms with Crippen LogP contribution < -0.4 is 4.74 Å². The molecule has 0 unspecified atom stereocenters. The van der Waals surface area contributed by atoms with Crippen molar-refractivity contribution in [3.05, 3.63) is 48.4 Å². The lowest BCUT2D eigenvalue weighted by molar-refractivity contribution is -0.274. The van der Waals surface area contributed by atoms with Gasteiger partial charge in [-0.1, -0.05) is 0 Å². The van der Waals surface area contributed by atoms with Crippen LogP contribution >= 0.6 is 0 Å². The molecule has 0 atom stereocenters. The first-order chi connectivity index (χ1) is 13.8. The van der Waals surface area contributed by atoms with E-state index in [0.717, 1.165) is 0 Å². The summed E-state index contributed by atoms with van der Waals surface area (Å²) in [6, 6.07) is 6.89. The van der Waals surface area contributed by atoms with E-state index in [1.54, 1.807) is 15.5 Å². The molecule has 10 heteroatoms. The first kappa shape index (κ1) is 19.2. The lowest BCUT2D eigenvalue weighted by atomic mass is 10.1. The van der Waals surface area contributed by atoms with Gasteiger partial charge in [0.1, 0.15) is 23.8 Å². The zero-order valence-corrected chi connectivity index (χ0v) is 15.1. The van der Waals surface area contributed by atoms with Crippen molar-refractivity contribution in [1.29, 1.82) is 0 Å². The fourth-order valence-corrected chi connectivity index (χ4v) is 3.25. The van der Waals surface area contributed by atoms with Crippen LogP contribution in [-0.4, -0.2) is 51.0 Å². The highest BCUT2D eigenvalue weighted by Crippen LogP contribution is 2.25. The lowest BCUT2D eigenvalue weighted by Gasteiger charge is -2.28. The van der Waals surface area contributed by atoms with Gasteiger partial charge in [-0.3, -0.25) is 9.36 Å². The Morgan fingerprint density at radius 3 is 2.45 bits per heavy atom. The summed E-state index contributed by atoms with van der Waals surface area (Å²) in [5.74, 6) is -0.557. The molecule has 0 aliphatic carbocycles. The van der Waals surface area contributed by atoms with Crippen molar-refractivity contribution in [2.45, 2.75) is 25.4 Å². The molecule has 1 aliphatic heterocycles. The van der Waals surface area contributed by atoms with Crippen LogP contribution in [0.4, 0.5) is 17.6 Å². The maximum absolute atomic E-state index is 13.3. The SMILES string of the molecule is O=C(c1cnc2c(c1)ncn2-c1ccc(OC(F)(F)F)cc1)N1CCC(F)CC1. The molecule has 3 aromatic rings. The van der Waals surface area contributed by atoms with E-state index in [-0.39, 0.29) is 11.7 Å². The normalized spacial score (nSPS) is 15.7. The zero-order valence-electron chi connectivity index (χ0n) is 15.1. The number of likely N-dealkylation sites (tertiary alicyclic amines) is 1. The van der Waals surface area contributed by atoms with Gasteiger partial charge in [-0.2, -0.15) is 0 Å². The average molecular weight is 408 g/mol. The highest BCUT2D eigenvalue weighted by Gasteiger charge is 2.31. The predicted octanol–water partition coefficient (Wildman–Crippen LogP) is 3.89. The summed E-state index contributed by atoms with van der Waals surface area (Å²) in [4.78, 5) is 22.7. The Morgan fingerprint density at radius 1 is 1.10 bits per heavy atom. The van der Waals surface area contributed by atoms with Crippen LogP contribution in [0.5, 0.6) is 5.75 Å². The van der Waals surface area contributed by atoms with E-state index in [0.29, 0.717) is 48.3 Å².